The molecule has 0 spiro atoms. The van der Waals surface area contributed by atoms with Crippen LogP contribution in [0.4, 0.5) is 0 Å². The average molecular weight is 399 g/mol. The van der Waals surface area contributed by atoms with E-state index in [2.05, 4.69) is 10.6 Å². The molecule has 0 saturated heterocycles. The highest BCUT2D eigenvalue weighted by Crippen LogP contribution is 2.21. The Morgan fingerprint density at radius 3 is 2.56 bits per heavy atom. The molecule has 2 rings (SSSR count). The van der Waals surface area contributed by atoms with Crippen LogP contribution in [0.1, 0.15) is 29.1 Å². The van der Waals surface area contributed by atoms with Gasteiger partial charge in [0.1, 0.15) is 6.04 Å². The van der Waals surface area contributed by atoms with E-state index in [-0.39, 0.29) is 17.7 Å². The largest absolute Gasteiger partial charge is 0.354 e. The maximum absolute atomic E-state index is 12.4. The Hall–Kier alpha value is -1.56. The van der Waals surface area contributed by atoms with Gasteiger partial charge in [-0.2, -0.15) is 0 Å². The Labute approximate surface area is 161 Å². The molecule has 2 N–H and O–H groups in total. The Bertz CT molecular complexity index is 733. The van der Waals surface area contributed by atoms with E-state index in [1.807, 2.05) is 25.3 Å². The number of nitrogens with one attached hydrogen (secondary N) is 2. The third-order valence-corrected chi connectivity index (χ3v) is 5.14. The van der Waals surface area contributed by atoms with Gasteiger partial charge in [-0.25, -0.2) is 0 Å². The van der Waals surface area contributed by atoms with Crippen molar-refractivity contribution in [2.75, 3.05) is 6.54 Å². The lowest BCUT2D eigenvalue weighted by Crippen LogP contribution is -2.49. The van der Waals surface area contributed by atoms with Crippen LogP contribution in [0.2, 0.25) is 10.0 Å². The molecular weight excluding hydrogens is 379 g/mol. The molecule has 1 heterocycles. The molecule has 0 bridgehead atoms. The van der Waals surface area contributed by atoms with Gasteiger partial charge in [0.15, 0.2) is 0 Å². The number of carbonyl (C=O) groups is 2. The predicted molar refractivity (Wildman–Crippen MR) is 104 cm³/mol. The first-order chi connectivity index (χ1) is 11.9. The van der Waals surface area contributed by atoms with Crippen molar-refractivity contribution in [1.82, 2.24) is 10.6 Å². The van der Waals surface area contributed by atoms with Crippen molar-refractivity contribution in [3.63, 3.8) is 0 Å². The summed E-state index contributed by atoms with van der Waals surface area (Å²) in [6.45, 7) is 4.22. The van der Waals surface area contributed by atoms with Gasteiger partial charge in [0.2, 0.25) is 5.91 Å². The third kappa shape index (κ3) is 5.73. The van der Waals surface area contributed by atoms with E-state index in [0.717, 1.165) is 5.56 Å². The van der Waals surface area contributed by atoms with Crippen molar-refractivity contribution in [1.29, 1.82) is 0 Å². The first-order valence-electron chi connectivity index (χ1n) is 7.94. The lowest BCUT2D eigenvalue weighted by Gasteiger charge is -2.21. The summed E-state index contributed by atoms with van der Waals surface area (Å²) in [6, 6.07) is 8.24. The fourth-order valence-electron chi connectivity index (χ4n) is 2.31. The van der Waals surface area contributed by atoms with Crippen molar-refractivity contribution < 1.29 is 9.59 Å². The first kappa shape index (κ1) is 19.8. The molecule has 2 aromatic rings. The normalized spacial score (nSPS) is 12.0. The SMILES string of the molecule is CC(C)[C@@H](NC(=O)c1cccs1)C(=O)NCCc1ccc(Cl)cc1Cl. The van der Waals surface area contributed by atoms with E-state index in [4.69, 9.17) is 23.2 Å². The second-order valence-corrected chi connectivity index (χ2v) is 7.74. The van der Waals surface area contributed by atoms with E-state index in [9.17, 15) is 9.59 Å². The molecule has 25 heavy (non-hydrogen) atoms. The number of hydrogen-bond donors (Lipinski definition) is 2. The minimum Gasteiger partial charge on any atom is -0.354 e. The summed E-state index contributed by atoms with van der Waals surface area (Å²) in [6.07, 6.45) is 0.589. The molecule has 0 saturated carbocycles. The predicted octanol–water partition coefficient (Wildman–Crippen LogP) is 4.17. The highest BCUT2D eigenvalue weighted by Gasteiger charge is 2.24. The van der Waals surface area contributed by atoms with Gasteiger partial charge in [-0.3, -0.25) is 9.59 Å². The minimum atomic E-state index is -0.588. The lowest BCUT2D eigenvalue weighted by atomic mass is 10.0. The molecule has 0 fully saturated rings. The zero-order chi connectivity index (χ0) is 18.4. The second kappa shape index (κ2) is 9.22. The van der Waals surface area contributed by atoms with Gasteiger partial charge in [0, 0.05) is 16.6 Å². The summed E-state index contributed by atoms with van der Waals surface area (Å²) in [5.41, 5.74) is 0.912. The molecule has 0 aliphatic carbocycles. The summed E-state index contributed by atoms with van der Waals surface area (Å²) >= 11 is 13.4. The van der Waals surface area contributed by atoms with Gasteiger partial charge in [0.25, 0.3) is 5.91 Å². The second-order valence-electron chi connectivity index (χ2n) is 5.95. The van der Waals surface area contributed by atoms with Gasteiger partial charge in [-0.15, -0.1) is 11.3 Å². The molecule has 4 nitrogen and oxygen atoms in total. The van der Waals surface area contributed by atoms with Crippen LogP contribution in [0.3, 0.4) is 0 Å². The maximum atomic E-state index is 12.4. The fourth-order valence-corrected chi connectivity index (χ4v) is 3.44. The van der Waals surface area contributed by atoms with Crippen LogP contribution >= 0.6 is 34.5 Å². The highest BCUT2D eigenvalue weighted by molar-refractivity contribution is 7.12. The quantitative estimate of drug-likeness (QED) is 0.734. The van der Waals surface area contributed by atoms with E-state index < -0.39 is 6.04 Å². The molecule has 1 aromatic carbocycles. The minimum absolute atomic E-state index is 0.0250. The van der Waals surface area contributed by atoms with Crippen molar-refractivity contribution in [2.45, 2.75) is 26.3 Å². The van der Waals surface area contributed by atoms with Crippen LogP contribution in [0.25, 0.3) is 0 Å². The van der Waals surface area contributed by atoms with Crippen LogP contribution in [0.15, 0.2) is 35.7 Å². The van der Waals surface area contributed by atoms with Crippen LogP contribution in [0.5, 0.6) is 0 Å². The van der Waals surface area contributed by atoms with Crippen molar-refractivity contribution in [3.8, 4) is 0 Å². The summed E-state index contributed by atoms with van der Waals surface area (Å²) in [5, 5.41) is 8.65. The Morgan fingerprint density at radius 1 is 1.20 bits per heavy atom. The van der Waals surface area contributed by atoms with Crippen LogP contribution in [-0.2, 0) is 11.2 Å². The summed E-state index contributed by atoms with van der Waals surface area (Å²) in [4.78, 5) is 25.2. The molecule has 2 amide bonds. The fraction of sp³-hybridized carbons (Fsp3) is 0.333. The van der Waals surface area contributed by atoms with Gasteiger partial charge in [-0.05, 0) is 41.5 Å². The van der Waals surface area contributed by atoms with E-state index >= 15 is 0 Å². The van der Waals surface area contributed by atoms with Crippen molar-refractivity contribution in [2.24, 2.45) is 5.92 Å². The van der Waals surface area contributed by atoms with Crippen molar-refractivity contribution in [3.05, 3.63) is 56.2 Å². The number of carbonyl (C=O) groups excluding carboxylic acids is 2. The molecule has 0 unspecified atom stereocenters. The third-order valence-electron chi connectivity index (χ3n) is 3.69. The van der Waals surface area contributed by atoms with Gasteiger partial charge >= 0.3 is 0 Å². The Kier molecular flexibility index (Phi) is 7.29. The molecule has 7 heteroatoms. The molecule has 134 valence electrons. The van der Waals surface area contributed by atoms with E-state index in [0.29, 0.717) is 27.9 Å². The van der Waals surface area contributed by atoms with Crippen molar-refractivity contribution >= 4 is 46.4 Å². The highest BCUT2D eigenvalue weighted by atomic mass is 35.5. The molecule has 0 aliphatic rings. The van der Waals surface area contributed by atoms with Gasteiger partial charge in [0.05, 0.1) is 4.88 Å². The molecule has 0 radical (unpaired) electrons. The Balaban J connectivity index is 1.90. The summed E-state index contributed by atoms with van der Waals surface area (Å²) < 4.78 is 0. The molecular formula is C18H20Cl2N2O2S. The molecule has 0 aliphatic heterocycles. The number of amides is 2. The number of thiophene rings is 1. The average Bonchev–Trinajstić information content (AvgIpc) is 3.08. The monoisotopic (exact) mass is 398 g/mol. The summed E-state index contributed by atoms with van der Waals surface area (Å²) in [5.74, 6) is -0.461. The maximum Gasteiger partial charge on any atom is 0.262 e. The van der Waals surface area contributed by atoms with Crippen LogP contribution in [0, 0.1) is 5.92 Å². The van der Waals surface area contributed by atoms with Crippen LogP contribution < -0.4 is 10.6 Å². The molecule has 1 atom stereocenters. The Morgan fingerprint density at radius 2 is 1.96 bits per heavy atom. The zero-order valence-corrected chi connectivity index (χ0v) is 16.3. The van der Waals surface area contributed by atoms with Crippen LogP contribution in [-0.4, -0.2) is 24.4 Å². The van der Waals surface area contributed by atoms with Gasteiger partial charge in [-0.1, -0.05) is 49.2 Å². The lowest BCUT2D eigenvalue weighted by molar-refractivity contribution is -0.123. The number of halogens is 2. The summed E-state index contributed by atoms with van der Waals surface area (Å²) in [7, 11) is 0. The van der Waals surface area contributed by atoms with Gasteiger partial charge < -0.3 is 10.6 Å². The molecule has 1 aromatic heterocycles. The zero-order valence-electron chi connectivity index (χ0n) is 14.0. The first-order valence-corrected chi connectivity index (χ1v) is 9.58. The van der Waals surface area contributed by atoms with E-state index in [1.54, 1.807) is 24.3 Å². The van der Waals surface area contributed by atoms with E-state index in [1.165, 1.54) is 11.3 Å². The number of rotatable bonds is 7. The standard InChI is InChI=1S/C18H20Cl2N2O2S/c1-11(2)16(22-17(23)15-4-3-9-25-15)18(24)21-8-7-12-5-6-13(19)10-14(12)20/h3-6,9-11,16H,7-8H2,1-2H3,(H,21,24)(H,22,23)/t16-/m1/s1. The number of benzene rings is 1. The smallest absolute Gasteiger partial charge is 0.262 e. The number of hydrogen-bond acceptors (Lipinski definition) is 3. The topological polar surface area (TPSA) is 58.2 Å².